The molecule has 1 unspecified atom stereocenters. The molecule has 0 fully saturated rings. The van der Waals surface area contributed by atoms with Crippen molar-refractivity contribution in [3.05, 3.63) is 23.0 Å². The molecule has 0 aliphatic carbocycles. The Balaban J connectivity index is 2.86. The van der Waals surface area contributed by atoms with Crippen LogP contribution in [0.5, 0.6) is 0 Å². The molecule has 0 radical (unpaired) electrons. The molecule has 1 N–H and O–H groups in total. The summed E-state index contributed by atoms with van der Waals surface area (Å²) in [5, 5.41) is 16.6. The lowest BCUT2D eigenvalue weighted by Crippen LogP contribution is -2.34. The van der Waals surface area contributed by atoms with E-state index in [2.05, 4.69) is 10.2 Å². The van der Waals surface area contributed by atoms with Crippen LogP contribution >= 0.6 is 0 Å². The molecule has 0 saturated carbocycles. The number of aromatic nitrogens is 2. The standard InChI is InChI=1S/C12H17N3O3/c1-7(12(17)18)6-15(4)11(16)10-5-8(2)13-14-9(10)3/h5,7H,6H2,1-4H3,(H,17,18). The van der Waals surface area contributed by atoms with E-state index in [0.29, 0.717) is 17.0 Å². The zero-order valence-corrected chi connectivity index (χ0v) is 11.0. The highest BCUT2D eigenvalue weighted by molar-refractivity contribution is 5.95. The topological polar surface area (TPSA) is 83.4 Å². The molecule has 0 aromatic carbocycles. The monoisotopic (exact) mass is 251 g/mol. The summed E-state index contributed by atoms with van der Waals surface area (Å²) < 4.78 is 0. The van der Waals surface area contributed by atoms with Gasteiger partial charge in [-0.3, -0.25) is 9.59 Å². The first-order chi connectivity index (χ1) is 8.32. The highest BCUT2D eigenvalue weighted by Crippen LogP contribution is 2.10. The minimum absolute atomic E-state index is 0.162. The molecule has 1 amide bonds. The molecule has 0 aliphatic rings. The van der Waals surface area contributed by atoms with Crippen LogP contribution in [-0.2, 0) is 4.79 Å². The number of hydrogen-bond acceptors (Lipinski definition) is 4. The Kier molecular flexibility index (Phi) is 4.36. The molecule has 0 spiro atoms. The first-order valence-corrected chi connectivity index (χ1v) is 5.62. The molecule has 18 heavy (non-hydrogen) atoms. The van der Waals surface area contributed by atoms with Crippen molar-refractivity contribution in [2.45, 2.75) is 20.8 Å². The second-order valence-electron chi connectivity index (χ2n) is 4.41. The summed E-state index contributed by atoms with van der Waals surface area (Å²) >= 11 is 0. The quantitative estimate of drug-likeness (QED) is 0.859. The average Bonchev–Trinajstić information content (AvgIpc) is 2.31. The Morgan fingerprint density at radius 1 is 1.39 bits per heavy atom. The van der Waals surface area contributed by atoms with Crippen LogP contribution < -0.4 is 0 Å². The maximum Gasteiger partial charge on any atom is 0.308 e. The summed E-state index contributed by atoms with van der Waals surface area (Å²) in [7, 11) is 1.58. The molecule has 0 bridgehead atoms. The van der Waals surface area contributed by atoms with Gasteiger partial charge in [0.25, 0.3) is 5.91 Å². The smallest absolute Gasteiger partial charge is 0.308 e. The molecule has 1 rings (SSSR count). The molecular formula is C12H17N3O3. The van der Waals surface area contributed by atoms with Gasteiger partial charge in [0.1, 0.15) is 0 Å². The lowest BCUT2D eigenvalue weighted by molar-refractivity contribution is -0.141. The van der Waals surface area contributed by atoms with E-state index in [1.807, 2.05) is 0 Å². The van der Waals surface area contributed by atoms with Gasteiger partial charge >= 0.3 is 5.97 Å². The molecule has 0 saturated heterocycles. The number of carbonyl (C=O) groups excluding carboxylic acids is 1. The Bertz CT molecular complexity index is 474. The molecule has 1 heterocycles. The second-order valence-corrected chi connectivity index (χ2v) is 4.41. The van der Waals surface area contributed by atoms with Gasteiger partial charge in [0, 0.05) is 13.6 Å². The van der Waals surface area contributed by atoms with Crippen LogP contribution in [0.15, 0.2) is 6.07 Å². The van der Waals surface area contributed by atoms with Crippen molar-refractivity contribution in [1.82, 2.24) is 15.1 Å². The van der Waals surface area contributed by atoms with Gasteiger partial charge in [0.2, 0.25) is 0 Å². The van der Waals surface area contributed by atoms with E-state index in [1.165, 1.54) is 4.90 Å². The number of carbonyl (C=O) groups is 2. The van der Waals surface area contributed by atoms with E-state index in [4.69, 9.17) is 5.11 Å². The van der Waals surface area contributed by atoms with Crippen molar-refractivity contribution >= 4 is 11.9 Å². The van der Waals surface area contributed by atoms with E-state index >= 15 is 0 Å². The lowest BCUT2D eigenvalue weighted by Gasteiger charge is -2.20. The van der Waals surface area contributed by atoms with Crippen LogP contribution in [0, 0.1) is 19.8 Å². The second kappa shape index (κ2) is 5.57. The fourth-order valence-corrected chi connectivity index (χ4v) is 1.54. The average molecular weight is 251 g/mol. The zero-order chi connectivity index (χ0) is 13.9. The van der Waals surface area contributed by atoms with Crippen molar-refractivity contribution in [3.8, 4) is 0 Å². The molecular weight excluding hydrogens is 234 g/mol. The highest BCUT2D eigenvalue weighted by atomic mass is 16.4. The van der Waals surface area contributed by atoms with Crippen LogP contribution in [0.4, 0.5) is 0 Å². The number of rotatable bonds is 4. The zero-order valence-electron chi connectivity index (χ0n) is 11.0. The molecule has 1 aromatic rings. The van der Waals surface area contributed by atoms with Crippen LogP contribution in [0.1, 0.15) is 28.7 Å². The third-order valence-electron chi connectivity index (χ3n) is 2.65. The van der Waals surface area contributed by atoms with Gasteiger partial charge in [0.15, 0.2) is 0 Å². The van der Waals surface area contributed by atoms with Crippen molar-refractivity contribution in [3.63, 3.8) is 0 Å². The van der Waals surface area contributed by atoms with Gasteiger partial charge in [-0.05, 0) is 19.9 Å². The van der Waals surface area contributed by atoms with Gasteiger partial charge in [-0.25, -0.2) is 0 Å². The minimum Gasteiger partial charge on any atom is -0.481 e. The van der Waals surface area contributed by atoms with Crippen molar-refractivity contribution in [2.24, 2.45) is 5.92 Å². The molecule has 98 valence electrons. The van der Waals surface area contributed by atoms with Gasteiger partial charge in [0.05, 0.1) is 22.9 Å². The molecule has 0 aliphatic heterocycles. The normalized spacial score (nSPS) is 12.0. The van der Waals surface area contributed by atoms with Gasteiger partial charge in [-0.2, -0.15) is 10.2 Å². The van der Waals surface area contributed by atoms with Crippen molar-refractivity contribution in [2.75, 3.05) is 13.6 Å². The largest absolute Gasteiger partial charge is 0.481 e. The molecule has 1 atom stereocenters. The minimum atomic E-state index is -0.921. The number of carboxylic acids is 1. The van der Waals surface area contributed by atoms with Crippen LogP contribution in [0.25, 0.3) is 0 Å². The van der Waals surface area contributed by atoms with E-state index in [-0.39, 0.29) is 12.5 Å². The van der Waals surface area contributed by atoms with Crippen LogP contribution in [-0.4, -0.2) is 45.7 Å². The molecule has 6 nitrogen and oxygen atoms in total. The van der Waals surface area contributed by atoms with E-state index < -0.39 is 11.9 Å². The summed E-state index contributed by atoms with van der Waals surface area (Å²) in [6.45, 7) is 5.18. The molecule has 1 aromatic heterocycles. The van der Waals surface area contributed by atoms with Crippen molar-refractivity contribution in [1.29, 1.82) is 0 Å². The number of hydrogen-bond donors (Lipinski definition) is 1. The Morgan fingerprint density at radius 2 is 2.00 bits per heavy atom. The SMILES string of the molecule is Cc1cc(C(=O)N(C)CC(C)C(=O)O)c(C)nn1. The predicted molar refractivity (Wildman–Crippen MR) is 65.3 cm³/mol. The summed E-state index contributed by atoms with van der Waals surface area (Å²) in [6.07, 6.45) is 0. The van der Waals surface area contributed by atoms with Crippen LogP contribution in [0.2, 0.25) is 0 Å². The summed E-state index contributed by atoms with van der Waals surface area (Å²) in [5.41, 5.74) is 1.66. The Hall–Kier alpha value is -1.98. The number of aliphatic carboxylic acids is 1. The van der Waals surface area contributed by atoms with Gasteiger partial charge < -0.3 is 10.0 Å². The fourth-order valence-electron chi connectivity index (χ4n) is 1.54. The first-order valence-electron chi connectivity index (χ1n) is 5.62. The van der Waals surface area contributed by atoms with E-state index in [1.54, 1.807) is 33.9 Å². The Morgan fingerprint density at radius 3 is 2.56 bits per heavy atom. The summed E-state index contributed by atoms with van der Waals surface area (Å²) in [4.78, 5) is 24.3. The number of carboxylic acid groups (broad SMARTS) is 1. The van der Waals surface area contributed by atoms with Gasteiger partial charge in [-0.15, -0.1) is 0 Å². The van der Waals surface area contributed by atoms with E-state index in [9.17, 15) is 9.59 Å². The predicted octanol–water partition coefficient (Wildman–Crippen LogP) is 0.886. The summed E-state index contributed by atoms with van der Waals surface area (Å²) in [5.74, 6) is -1.76. The maximum atomic E-state index is 12.1. The fraction of sp³-hybridized carbons (Fsp3) is 0.500. The number of nitrogens with zero attached hydrogens (tertiary/aromatic N) is 3. The molecule has 6 heteroatoms. The van der Waals surface area contributed by atoms with E-state index in [0.717, 1.165) is 0 Å². The first kappa shape index (κ1) is 14.1. The van der Waals surface area contributed by atoms with Gasteiger partial charge in [-0.1, -0.05) is 6.92 Å². The summed E-state index contributed by atoms with van der Waals surface area (Å²) in [6, 6.07) is 1.66. The number of amides is 1. The Labute approximate surface area is 106 Å². The maximum absolute atomic E-state index is 12.1. The highest BCUT2D eigenvalue weighted by Gasteiger charge is 2.20. The third kappa shape index (κ3) is 3.26. The van der Waals surface area contributed by atoms with Crippen LogP contribution in [0.3, 0.4) is 0 Å². The third-order valence-corrected chi connectivity index (χ3v) is 2.65. The number of aryl methyl sites for hydroxylation is 2. The van der Waals surface area contributed by atoms with Crippen molar-refractivity contribution < 1.29 is 14.7 Å². The lowest BCUT2D eigenvalue weighted by atomic mass is 10.1.